The summed E-state index contributed by atoms with van der Waals surface area (Å²) in [6.45, 7) is 1.42. The summed E-state index contributed by atoms with van der Waals surface area (Å²) in [5.41, 5.74) is 3.70. The van der Waals surface area contributed by atoms with Crippen LogP contribution in [-0.4, -0.2) is 39.4 Å². The van der Waals surface area contributed by atoms with Crippen LogP contribution < -0.4 is 15.8 Å². The van der Waals surface area contributed by atoms with Crippen molar-refractivity contribution < 1.29 is 4.79 Å². The maximum Gasteiger partial charge on any atom is 0.264 e. The number of amides is 1. The molecule has 1 saturated heterocycles. The second-order valence-electron chi connectivity index (χ2n) is 8.44. The summed E-state index contributed by atoms with van der Waals surface area (Å²) in [5, 5.41) is 18.9. The summed E-state index contributed by atoms with van der Waals surface area (Å²) in [6.07, 6.45) is 1.72. The average molecular weight is 487 g/mol. The van der Waals surface area contributed by atoms with Gasteiger partial charge >= 0.3 is 0 Å². The molecule has 5 rings (SSSR count). The third-order valence-corrected chi connectivity index (χ3v) is 6.29. The molecule has 0 spiro atoms. The molecule has 0 aliphatic carbocycles. The summed E-state index contributed by atoms with van der Waals surface area (Å²) in [4.78, 5) is 26.3. The zero-order valence-electron chi connectivity index (χ0n) is 18.8. The van der Waals surface area contributed by atoms with Crippen molar-refractivity contribution in [3.8, 4) is 22.5 Å². The lowest BCUT2D eigenvalue weighted by Gasteiger charge is -2.32. The van der Waals surface area contributed by atoms with Gasteiger partial charge in [0.2, 0.25) is 5.91 Å². The molecule has 8 nitrogen and oxygen atoms in total. The number of hydrogen-bond acceptors (Lipinski definition) is 6. The van der Waals surface area contributed by atoms with Gasteiger partial charge in [0.05, 0.1) is 17.3 Å². The molecule has 9 heteroatoms. The Labute approximate surface area is 207 Å². The molecule has 1 unspecified atom stereocenters. The Morgan fingerprint density at radius 2 is 1.63 bits per heavy atom. The Kier molecular flexibility index (Phi) is 6.54. The van der Waals surface area contributed by atoms with E-state index in [1.807, 2.05) is 60.7 Å². The highest BCUT2D eigenvalue weighted by Gasteiger charge is 2.27. The predicted molar refractivity (Wildman–Crippen MR) is 136 cm³/mol. The number of carbonyl (C=O) groups is 1. The van der Waals surface area contributed by atoms with Crippen molar-refractivity contribution in [3.05, 3.63) is 88.2 Å². The number of carbonyl (C=O) groups excluding carboxylic acids is 1. The van der Waals surface area contributed by atoms with Crippen LogP contribution in [0.4, 0.5) is 11.5 Å². The number of aromatic amines is 1. The first-order chi connectivity index (χ1) is 17.0. The number of nitrogens with zero attached hydrogens (tertiary/aromatic N) is 4. The van der Waals surface area contributed by atoms with Gasteiger partial charge in [-0.15, -0.1) is 10.2 Å². The molecule has 1 aliphatic heterocycles. The van der Waals surface area contributed by atoms with E-state index >= 15 is 0 Å². The van der Waals surface area contributed by atoms with Crippen molar-refractivity contribution in [3.63, 3.8) is 0 Å². The van der Waals surface area contributed by atoms with Gasteiger partial charge in [-0.05, 0) is 55.3 Å². The zero-order valence-corrected chi connectivity index (χ0v) is 19.6. The Balaban J connectivity index is 1.21. The fourth-order valence-corrected chi connectivity index (χ4v) is 4.27. The van der Waals surface area contributed by atoms with E-state index in [1.165, 1.54) is 6.07 Å². The quantitative estimate of drug-likeness (QED) is 0.433. The molecular formula is C26H23ClN6O2. The van der Waals surface area contributed by atoms with Crippen molar-refractivity contribution in [2.75, 3.05) is 23.3 Å². The third-order valence-electron chi connectivity index (χ3n) is 6.03. The van der Waals surface area contributed by atoms with Crippen molar-refractivity contribution in [2.24, 2.45) is 5.92 Å². The van der Waals surface area contributed by atoms with Gasteiger partial charge in [-0.25, -0.2) is 5.10 Å². The minimum atomic E-state index is -0.248. The molecule has 3 heterocycles. The molecule has 1 atom stereocenters. The van der Waals surface area contributed by atoms with Crippen LogP contribution in [0.15, 0.2) is 77.6 Å². The highest BCUT2D eigenvalue weighted by Crippen LogP contribution is 2.25. The molecule has 1 amide bonds. The maximum absolute atomic E-state index is 13.0. The lowest BCUT2D eigenvalue weighted by Crippen LogP contribution is -2.41. The molecule has 0 radical (unpaired) electrons. The van der Waals surface area contributed by atoms with Gasteiger partial charge in [0.15, 0.2) is 5.82 Å². The monoisotopic (exact) mass is 486 g/mol. The normalized spacial score (nSPS) is 15.6. The number of nitrogens with one attached hydrogen (secondary N) is 2. The van der Waals surface area contributed by atoms with E-state index in [0.29, 0.717) is 22.9 Å². The van der Waals surface area contributed by atoms with Gasteiger partial charge in [0, 0.05) is 41.0 Å². The van der Waals surface area contributed by atoms with Crippen LogP contribution in [0, 0.1) is 5.92 Å². The summed E-state index contributed by atoms with van der Waals surface area (Å²) < 4.78 is 0. The molecule has 2 aromatic carbocycles. The van der Waals surface area contributed by atoms with E-state index < -0.39 is 0 Å². The SMILES string of the molecule is O=C(Nc1ccc(-c2ccc(=O)[nH]n2)cc1)C1CCCN(c2ccc(-c3ccc(Cl)cc3)nn2)C1. The molecule has 176 valence electrons. The van der Waals surface area contributed by atoms with E-state index in [9.17, 15) is 9.59 Å². The molecule has 1 fully saturated rings. The van der Waals surface area contributed by atoms with Gasteiger partial charge in [-0.3, -0.25) is 9.59 Å². The number of halogens is 1. The first kappa shape index (κ1) is 22.7. The predicted octanol–water partition coefficient (Wildman–Crippen LogP) is 4.40. The van der Waals surface area contributed by atoms with Crippen LogP contribution in [0.5, 0.6) is 0 Å². The zero-order chi connectivity index (χ0) is 24.2. The van der Waals surface area contributed by atoms with Gasteiger partial charge in [0.1, 0.15) is 0 Å². The van der Waals surface area contributed by atoms with Crippen LogP contribution in [0.3, 0.4) is 0 Å². The lowest BCUT2D eigenvalue weighted by molar-refractivity contribution is -0.120. The topological polar surface area (TPSA) is 104 Å². The van der Waals surface area contributed by atoms with Crippen molar-refractivity contribution in [1.82, 2.24) is 20.4 Å². The Bertz CT molecular complexity index is 1350. The smallest absolute Gasteiger partial charge is 0.264 e. The summed E-state index contributed by atoms with van der Waals surface area (Å²) in [6, 6.07) is 21.9. The fourth-order valence-electron chi connectivity index (χ4n) is 4.14. The fraction of sp³-hybridized carbons (Fsp3) is 0.192. The standard InChI is InChI=1S/C26H23ClN6O2/c27-20-7-3-17(4-8-20)22-11-13-24(31-29-22)33-15-1-2-19(16-33)26(35)28-21-9-5-18(6-10-21)23-12-14-25(34)32-30-23/h3-14,19H,1-2,15-16H2,(H,28,35)(H,32,34). The van der Waals surface area contributed by atoms with Crippen molar-refractivity contribution >= 4 is 29.0 Å². The second kappa shape index (κ2) is 10.1. The number of aromatic nitrogens is 4. The van der Waals surface area contributed by atoms with E-state index in [0.717, 1.165) is 42.0 Å². The molecule has 2 aromatic heterocycles. The second-order valence-corrected chi connectivity index (χ2v) is 8.88. The molecule has 0 bridgehead atoms. The van der Waals surface area contributed by atoms with Crippen LogP contribution in [0.25, 0.3) is 22.5 Å². The Morgan fingerprint density at radius 1 is 0.914 bits per heavy atom. The van der Waals surface area contributed by atoms with Gasteiger partial charge in [-0.1, -0.05) is 35.9 Å². The molecule has 0 saturated carbocycles. The van der Waals surface area contributed by atoms with Crippen LogP contribution in [-0.2, 0) is 4.79 Å². The summed E-state index contributed by atoms with van der Waals surface area (Å²) in [7, 11) is 0. The number of H-pyrrole nitrogens is 1. The largest absolute Gasteiger partial charge is 0.354 e. The van der Waals surface area contributed by atoms with Gasteiger partial charge < -0.3 is 10.2 Å². The first-order valence-corrected chi connectivity index (χ1v) is 11.7. The lowest BCUT2D eigenvalue weighted by atomic mass is 9.97. The highest BCUT2D eigenvalue weighted by molar-refractivity contribution is 6.30. The van der Waals surface area contributed by atoms with Gasteiger partial charge in [0.25, 0.3) is 5.56 Å². The summed E-state index contributed by atoms with van der Waals surface area (Å²) >= 11 is 5.96. The highest BCUT2D eigenvalue weighted by atomic mass is 35.5. The van der Waals surface area contributed by atoms with Gasteiger partial charge in [-0.2, -0.15) is 5.10 Å². The summed E-state index contributed by atoms with van der Waals surface area (Å²) in [5.74, 6) is 0.593. The van der Waals surface area contributed by atoms with Crippen LogP contribution >= 0.6 is 11.6 Å². The Morgan fingerprint density at radius 3 is 2.31 bits per heavy atom. The number of anilines is 2. The number of rotatable bonds is 5. The van der Waals surface area contributed by atoms with Crippen molar-refractivity contribution in [1.29, 1.82) is 0 Å². The van der Waals surface area contributed by atoms with Crippen LogP contribution in [0.2, 0.25) is 5.02 Å². The third kappa shape index (κ3) is 5.38. The molecule has 2 N–H and O–H groups in total. The van der Waals surface area contributed by atoms with Crippen LogP contribution in [0.1, 0.15) is 12.8 Å². The first-order valence-electron chi connectivity index (χ1n) is 11.4. The number of benzene rings is 2. The minimum absolute atomic E-state index is 0.0182. The molecule has 35 heavy (non-hydrogen) atoms. The Hall–Kier alpha value is -4.04. The van der Waals surface area contributed by atoms with E-state index in [1.54, 1.807) is 6.07 Å². The molecule has 4 aromatic rings. The molecule has 1 aliphatic rings. The minimum Gasteiger partial charge on any atom is -0.354 e. The number of piperidine rings is 1. The van der Waals surface area contributed by atoms with E-state index in [4.69, 9.17) is 11.6 Å². The van der Waals surface area contributed by atoms with E-state index in [-0.39, 0.29) is 17.4 Å². The van der Waals surface area contributed by atoms with Crippen molar-refractivity contribution in [2.45, 2.75) is 12.8 Å². The average Bonchev–Trinajstić information content (AvgIpc) is 2.90. The molecular weight excluding hydrogens is 464 g/mol. The van der Waals surface area contributed by atoms with E-state index in [2.05, 4.69) is 30.6 Å². The maximum atomic E-state index is 13.0. The number of hydrogen-bond donors (Lipinski definition) is 2.